The van der Waals surface area contributed by atoms with Gasteiger partial charge in [0, 0.05) is 6.42 Å². The minimum Gasteiger partial charge on any atom is -0.482 e. The second-order valence-corrected chi connectivity index (χ2v) is 6.33. The van der Waals surface area contributed by atoms with Gasteiger partial charge in [0.15, 0.2) is 6.61 Å². The Kier molecular flexibility index (Phi) is 9.33. The number of carbonyl (C=O) groups is 3. The van der Waals surface area contributed by atoms with Crippen molar-refractivity contribution >= 4 is 17.8 Å². The quantitative estimate of drug-likeness (QED) is 0.557. The first-order valence-electron chi connectivity index (χ1n) is 9.29. The molecule has 0 saturated heterocycles. The van der Waals surface area contributed by atoms with E-state index in [4.69, 9.17) is 14.2 Å². The van der Waals surface area contributed by atoms with Gasteiger partial charge in [-0.2, -0.15) is 0 Å². The summed E-state index contributed by atoms with van der Waals surface area (Å²) in [5.41, 5.74) is 1.73. The van der Waals surface area contributed by atoms with Crippen molar-refractivity contribution in [3.8, 4) is 5.75 Å². The number of hydrogen-bond acceptors (Lipinski definition) is 7. The minimum atomic E-state index is -0.857. The molecular formula is C22H25NO7. The molecule has 0 aliphatic rings. The highest BCUT2D eigenvalue weighted by molar-refractivity contribution is 5.85. The second kappa shape index (κ2) is 12.2. The zero-order chi connectivity index (χ0) is 21.8. The van der Waals surface area contributed by atoms with Crippen molar-refractivity contribution in [2.24, 2.45) is 0 Å². The Morgan fingerprint density at radius 3 is 2.20 bits per heavy atom. The number of amides is 1. The van der Waals surface area contributed by atoms with Gasteiger partial charge in [-0.25, -0.2) is 9.59 Å². The molecule has 0 bridgehead atoms. The third kappa shape index (κ3) is 7.92. The van der Waals surface area contributed by atoms with Crippen molar-refractivity contribution in [1.29, 1.82) is 0 Å². The minimum absolute atomic E-state index is 0.178. The van der Waals surface area contributed by atoms with E-state index in [0.29, 0.717) is 12.4 Å². The van der Waals surface area contributed by atoms with Crippen LogP contribution in [0.25, 0.3) is 0 Å². The topological polar surface area (TPSA) is 100 Å². The first-order valence-corrected chi connectivity index (χ1v) is 9.29. The summed E-state index contributed by atoms with van der Waals surface area (Å²) < 4.78 is 20.0. The van der Waals surface area contributed by atoms with Gasteiger partial charge in [-0.1, -0.05) is 42.5 Å². The summed E-state index contributed by atoms with van der Waals surface area (Å²) in [6, 6.07) is 15.4. The highest BCUT2D eigenvalue weighted by Crippen LogP contribution is 2.14. The third-order valence-corrected chi connectivity index (χ3v) is 4.11. The number of carbonyl (C=O) groups excluding carboxylic acids is 3. The van der Waals surface area contributed by atoms with Gasteiger partial charge in [-0.3, -0.25) is 4.79 Å². The fourth-order valence-electron chi connectivity index (χ4n) is 2.57. The molecule has 0 heterocycles. The molecular weight excluding hydrogens is 390 g/mol. The number of ether oxygens (including phenoxy) is 4. The van der Waals surface area contributed by atoms with E-state index in [1.54, 1.807) is 24.3 Å². The van der Waals surface area contributed by atoms with Crippen LogP contribution in [0.5, 0.6) is 5.75 Å². The summed E-state index contributed by atoms with van der Waals surface area (Å²) in [7, 11) is 2.54. The molecule has 0 radical (unpaired) electrons. The van der Waals surface area contributed by atoms with Crippen molar-refractivity contribution in [2.75, 3.05) is 27.4 Å². The van der Waals surface area contributed by atoms with Gasteiger partial charge in [0.25, 0.3) is 0 Å². The van der Waals surface area contributed by atoms with Crippen LogP contribution in [-0.2, 0) is 41.6 Å². The molecule has 0 fully saturated rings. The summed E-state index contributed by atoms with van der Waals surface area (Å²) in [5, 5.41) is 2.63. The Hall–Kier alpha value is -3.39. The van der Waals surface area contributed by atoms with E-state index < -0.39 is 23.9 Å². The molecule has 1 amide bonds. The maximum Gasteiger partial charge on any atom is 0.343 e. The monoisotopic (exact) mass is 415 g/mol. The van der Waals surface area contributed by atoms with Gasteiger partial charge in [-0.15, -0.1) is 0 Å². The molecule has 0 aliphatic heterocycles. The van der Waals surface area contributed by atoms with E-state index in [9.17, 15) is 14.4 Å². The molecule has 0 aliphatic carbocycles. The number of methoxy groups -OCH3 is 2. The van der Waals surface area contributed by atoms with Crippen molar-refractivity contribution in [3.63, 3.8) is 0 Å². The van der Waals surface area contributed by atoms with Crippen LogP contribution in [0, 0.1) is 0 Å². The van der Waals surface area contributed by atoms with Crippen LogP contribution in [0.1, 0.15) is 11.1 Å². The lowest BCUT2D eigenvalue weighted by Crippen LogP contribution is -2.44. The highest BCUT2D eigenvalue weighted by Gasteiger charge is 2.22. The molecule has 0 saturated carbocycles. The van der Waals surface area contributed by atoms with Crippen LogP contribution in [0.15, 0.2) is 54.6 Å². The van der Waals surface area contributed by atoms with Crippen LogP contribution >= 0.6 is 0 Å². The van der Waals surface area contributed by atoms with Crippen LogP contribution < -0.4 is 10.1 Å². The Morgan fingerprint density at radius 1 is 0.867 bits per heavy atom. The first kappa shape index (κ1) is 22.9. The highest BCUT2D eigenvalue weighted by atomic mass is 16.6. The average Bonchev–Trinajstić information content (AvgIpc) is 2.78. The van der Waals surface area contributed by atoms with Crippen molar-refractivity contribution in [1.82, 2.24) is 5.32 Å². The molecule has 2 aromatic carbocycles. The van der Waals surface area contributed by atoms with Crippen molar-refractivity contribution in [3.05, 3.63) is 65.7 Å². The number of rotatable bonds is 11. The normalized spacial score (nSPS) is 11.3. The molecule has 2 aromatic rings. The van der Waals surface area contributed by atoms with E-state index in [2.05, 4.69) is 10.1 Å². The Bertz CT molecular complexity index is 821. The lowest BCUT2D eigenvalue weighted by molar-refractivity contribution is -0.145. The molecule has 0 unspecified atom stereocenters. The number of esters is 2. The standard InChI is InChI=1S/C22H25NO7/c1-27-21(25)15-30-18-10-8-16(9-11-18)12-19(22(26)28-2)23-20(24)14-29-13-17-6-4-3-5-7-17/h3-11,19H,12-15H2,1-2H3,(H,23,24)/t19-/m0/s1. The lowest BCUT2D eigenvalue weighted by atomic mass is 10.1. The maximum absolute atomic E-state index is 12.2. The van der Waals surface area contributed by atoms with Gasteiger partial charge in [0.2, 0.25) is 5.91 Å². The van der Waals surface area contributed by atoms with Gasteiger partial charge < -0.3 is 24.3 Å². The molecule has 0 aromatic heterocycles. The van der Waals surface area contributed by atoms with Crippen LogP contribution in [-0.4, -0.2) is 51.3 Å². The summed E-state index contributed by atoms with van der Waals surface area (Å²) in [5.74, 6) is -0.976. The predicted octanol–water partition coefficient (Wildman–Crippen LogP) is 1.66. The van der Waals surface area contributed by atoms with Gasteiger partial charge in [0.05, 0.1) is 20.8 Å². The molecule has 8 nitrogen and oxygen atoms in total. The molecule has 160 valence electrons. The number of nitrogens with one attached hydrogen (secondary N) is 1. The second-order valence-electron chi connectivity index (χ2n) is 6.33. The summed E-state index contributed by atoms with van der Waals surface area (Å²) >= 11 is 0. The van der Waals surface area contributed by atoms with Gasteiger partial charge in [0.1, 0.15) is 18.4 Å². The third-order valence-electron chi connectivity index (χ3n) is 4.11. The van der Waals surface area contributed by atoms with Gasteiger partial charge >= 0.3 is 11.9 Å². The predicted molar refractivity (Wildman–Crippen MR) is 108 cm³/mol. The summed E-state index contributed by atoms with van der Waals surface area (Å²) in [4.78, 5) is 35.4. The SMILES string of the molecule is COC(=O)COc1ccc(C[C@H](NC(=O)COCc2ccccc2)C(=O)OC)cc1. The zero-order valence-corrected chi connectivity index (χ0v) is 17.0. The zero-order valence-electron chi connectivity index (χ0n) is 17.0. The average molecular weight is 415 g/mol. The van der Waals surface area contributed by atoms with Gasteiger partial charge in [-0.05, 0) is 23.3 Å². The van der Waals surface area contributed by atoms with Crippen molar-refractivity contribution < 1.29 is 33.3 Å². The first-order chi connectivity index (χ1) is 14.5. The Labute approximate surface area is 175 Å². The summed E-state index contributed by atoms with van der Waals surface area (Å²) in [6.07, 6.45) is 0.231. The molecule has 8 heteroatoms. The van der Waals surface area contributed by atoms with Crippen LogP contribution in [0.2, 0.25) is 0 Å². The van der Waals surface area contributed by atoms with E-state index >= 15 is 0 Å². The molecule has 30 heavy (non-hydrogen) atoms. The lowest BCUT2D eigenvalue weighted by Gasteiger charge is -2.17. The van der Waals surface area contributed by atoms with Crippen LogP contribution in [0.3, 0.4) is 0 Å². The smallest absolute Gasteiger partial charge is 0.343 e. The Morgan fingerprint density at radius 2 is 1.57 bits per heavy atom. The molecule has 2 rings (SSSR count). The van der Waals surface area contributed by atoms with E-state index in [1.165, 1.54) is 14.2 Å². The number of benzene rings is 2. The Balaban J connectivity index is 1.86. The van der Waals surface area contributed by atoms with E-state index in [0.717, 1.165) is 11.1 Å². The fraction of sp³-hybridized carbons (Fsp3) is 0.318. The van der Waals surface area contributed by atoms with E-state index in [-0.39, 0.29) is 19.6 Å². The maximum atomic E-state index is 12.2. The number of hydrogen-bond donors (Lipinski definition) is 1. The summed E-state index contributed by atoms with van der Waals surface area (Å²) in [6.45, 7) is -0.0768. The van der Waals surface area contributed by atoms with Crippen molar-refractivity contribution in [2.45, 2.75) is 19.1 Å². The molecule has 1 N–H and O–H groups in total. The molecule has 1 atom stereocenters. The largest absolute Gasteiger partial charge is 0.482 e. The fourth-order valence-corrected chi connectivity index (χ4v) is 2.57. The van der Waals surface area contributed by atoms with E-state index in [1.807, 2.05) is 30.3 Å². The molecule has 0 spiro atoms. The van der Waals surface area contributed by atoms with Crippen LogP contribution in [0.4, 0.5) is 0 Å².